The number of amides is 1. The van der Waals surface area contributed by atoms with Gasteiger partial charge in [-0.15, -0.1) is 0 Å². The van der Waals surface area contributed by atoms with Crippen LogP contribution in [0.5, 0.6) is 0 Å². The SMILES string of the molecule is CSCCCNC(=O)c1cccc(C#CCO)c1C. The maximum atomic E-state index is 12.0. The molecule has 0 fully saturated rings. The van der Waals surface area contributed by atoms with Crippen LogP contribution in [-0.2, 0) is 0 Å². The van der Waals surface area contributed by atoms with Crippen molar-refractivity contribution in [3.8, 4) is 11.8 Å². The van der Waals surface area contributed by atoms with Gasteiger partial charge in [0.05, 0.1) is 0 Å². The van der Waals surface area contributed by atoms with Gasteiger partial charge in [0.1, 0.15) is 6.61 Å². The van der Waals surface area contributed by atoms with Crippen LogP contribution in [0.2, 0.25) is 0 Å². The highest BCUT2D eigenvalue weighted by atomic mass is 32.2. The second-order valence-electron chi connectivity index (χ2n) is 4.04. The third-order valence-corrected chi connectivity index (χ3v) is 3.39. The third kappa shape index (κ3) is 4.98. The highest BCUT2D eigenvalue weighted by Crippen LogP contribution is 2.12. The molecule has 2 N–H and O–H groups in total. The van der Waals surface area contributed by atoms with Gasteiger partial charge in [-0.2, -0.15) is 11.8 Å². The van der Waals surface area contributed by atoms with Crippen LogP contribution in [0.3, 0.4) is 0 Å². The molecule has 1 rings (SSSR count). The van der Waals surface area contributed by atoms with Crippen molar-refractivity contribution >= 4 is 17.7 Å². The Morgan fingerprint density at radius 2 is 2.26 bits per heavy atom. The smallest absolute Gasteiger partial charge is 0.251 e. The Morgan fingerprint density at radius 3 is 2.95 bits per heavy atom. The zero-order valence-corrected chi connectivity index (χ0v) is 12.1. The summed E-state index contributed by atoms with van der Waals surface area (Å²) in [6, 6.07) is 5.46. The molecule has 0 aliphatic carbocycles. The van der Waals surface area contributed by atoms with Crippen LogP contribution >= 0.6 is 11.8 Å². The molecular formula is C15H19NO2S. The highest BCUT2D eigenvalue weighted by Gasteiger charge is 2.09. The van der Waals surface area contributed by atoms with E-state index in [-0.39, 0.29) is 12.5 Å². The van der Waals surface area contributed by atoms with Crippen LogP contribution < -0.4 is 5.32 Å². The molecule has 1 amide bonds. The minimum Gasteiger partial charge on any atom is -0.384 e. The van der Waals surface area contributed by atoms with E-state index < -0.39 is 0 Å². The zero-order valence-electron chi connectivity index (χ0n) is 11.3. The van der Waals surface area contributed by atoms with Gasteiger partial charge in [-0.25, -0.2) is 0 Å². The molecule has 1 aromatic rings. The van der Waals surface area contributed by atoms with Crippen LogP contribution in [0.15, 0.2) is 18.2 Å². The fourth-order valence-corrected chi connectivity index (χ4v) is 2.10. The number of carbonyl (C=O) groups is 1. The Bertz CT molecular complexity index is 489. The molecule has 0 unspecified atom stereocenters. The number of aliphatic hydroxyl groups excluding tert-OH is 1. The summed E-state index contributed by atoms with van der Waals surface area (Å²) in [5.41, 5.74) is 2.28. The molecule has 1 aromatic carbocycles. The maximum absolute atomic E-state index is 12.0. The highest BCUT2D eigenvalue weighted by molar-refractivity contribution is 7.98. The Labute approximate surface area is 118 Å². The number of rotatable bonds is 5. The molecule has 0 saturated carbocycles. The van der Waals surface area contributed by atoms with Crippen molar-refractivity contribution < 1.29 is 9.90 Å². The van der Waals surface area contributed by atoms with Crippen molar-refractivity contribution in [2.75, 3.05) is 25.2 Å². The molecule has 0 heterocycles. The molecule has 19 heavy (non-hydrogen) atoms. The summed E-state index contributed by atoms with van der Waals surface area (Å²) in [6.45, 7) is 2.38. The average Bonchev–Trinajstić information content (AvgIpc) is 2.42. The summed E-state index contributed by atoms with van der Waals surface area (Å²) in [4.78, 5) is 12.0. The van der Waals surface area contributed by atoms with Crippen molar-refractivity contribution in [3.63, 3.8) is 0 Å². The topological polar surface area (TPSA) is 49.3 Å². The lowest BCUT2D eigenvalue weighted by Gasteiger charge is -2.08. The fraction of sp³-hybridized carbons (Fsp3) is 0.400. The van der Waals surface area contributed by atoms with Crippen LogP contribution in [0.4, 0.5) is 0 Å². The average molecular weight is 277 g/mol. The number of carbonyl (C=O) groups excluding carboxylic acids is 1. The summed E-state index contributed by atoms with van der Waals surface area (Å²) in [6.07, 6.45) is 3.02. The lowest BCUT2D eigenvalue weighted by atomic mass is 10.0. The number of nitrogens with one attached hydrogen (secondary N) is 1. The molecule has 0 atom stereocenters. The fourth-order valence-electron chi connectivity index (χ4n) is 1.67. The molecular weight excluding hydrogens is 258 g/mol. The number of aliphatic hydroxyl groups is 1. The van der Waals surface area contributed by atoms with E-state index in [0.29, 0.717) is 12.1 Å². The summed E-state index contributed by atoms with van der Waals surface area (Å²) in [7, 11) is 0. The molecule has 3 nitrogen and oxygen atoms in total. The van der Waals surface area contributed by atoms with E-state index >= 15 is 0 Å². The van der Waals surface area contributed by atoms with Crippen LogP contribution in [0.25, 0.3) is 0 Å². The van der Waals surface area contributed by atoms with Crippen molar-refractivity contribution in [3.05, 3.63) is 34.9 Å². The second-order valence-corrected chi connectivity index (χ2v) is 5.03. The minimum absolute atomic E-state index is 0.0637. The van der Waals surface area contributed by atoms with Crippen molar-refractivity contribution in [2.45, 2.75) is 13.3 Å². The standard InChI is InChI=1S/C15H19NO2S/c1-12-13(7-4-10-17)6-3-8-14(12)15(18)16-9-5-11-19-2/h3,6,8,17H,5,9-11H2,1-2H3,(H,16,18). The van der Waals surface area contributed by atoms with E-state index in [1.165, 1.54) is 0 Å². The molecule has 0 spiro atoms. The first kappa shape index (κ1) is 15.6. The Kier molecular flexibility index (Phi) is 7.09. The van der Waals surface area contributed by atoms with Gasteiger partial charge in [0.25, 0.3) is 5.91 Å². The summed E-state index contributed by atoms with van der Waals surface area (Å²) in [5.74, 6) is 6.43. The van der Waals surface area contributed by atoms with E-state index in [2.05, 4.69) is 23.4 Å². The van der Waals surface area contributed by atoms with E-state index in [4.69, 9.17) is 5.11 Å². The lowest BCUT2D eigenvalue weighted by molar-refractivity contribution is 0.0953. The van der Waals surface area contributed by atoms with Gasteiger partial charge in [-0.05, 0) is 43.0 Å². The number of hydrogen-bond donors (Lipinski definition) is 2. The van der Waals surface area contributed by atoms with Crippen molar-refractivity contribution in [1.29, 1.82) is 0 Å². The normalized spacial score (nSPS) is 9.63. The molecule has 0 aliphatic rings. The quantitative estimate of drug-likeness (QED) is 0.637. The number of thioether (sulfide) groups is 1. The van der Waals surface area contributed by atoms with Gasteiger partial charge >= 0.3 is 0 Å². The predicted octanol–water partition coefficient (Wildman–Crippen LogP) is 1.82. The Hall–Kier alpha value is -1.44. The van der Waals surface area contributed by atoms with E-state index in [0.717, 1.165) is 23.3 Å². The van der Waals surface area contributed by atoms with Gasteiger partial charge in [0, 0.05) is 17.7 Å². The van der Waals surface area contributed by atoms with E-state index in [1.54, 1.807) is 17.8 Å². The van der Waals surface area contributed by atoms with E-state index in [9.17, 15) is 4.79 Å². The van der Waals surface area contributed by atoms with Crippen LogP contribution in [-0.4, -0.2) is 36.2 Å². The minimum atomic E-state index is -0.176. The first-order valence-electron chi connectivity index (χ1n) is 6.17. The monoisotopic (exact) mass is 277 g/mol. The van der Waals surface area contributed by atoms with Gasteiger partial charge in [0.15, 0.2) is 0 Å². The summed E-state index contributed by atoms with van der Waals surface area (Å²) < 4.78 is 0. The van der Waals surface area contributed by atoms with Gasteiger partial charge in [-0.1, -0.05) is 17.9 Å². The Balaban J connectivity index is 2.74. The third-order valence-electron chi connectivity index (χ3n) is 2.69. The molecule has 0 bridgehead atoms. The lowest BCUT2D eigenvalue weighted by Crippen LogP contribution is -2.25. The summed E-state index contributed by atoms with van der Waals surface area (Å²) in [5, 5.41) is 11.6. The predicted molar refractivity (Wildman–Crippen MR) is 80.5 cm³/mol. The Morgan fingerprint density at radius 1 is 1.47 bits per heavy atom. The van der Waals surface area contributed by atoms with Gasteiger partial charge in [-0.3, -0.25) is 4.79 Å². The number of hydrogen-bond acceptors (Lipinski definition) is 3. The molecule has 4 heteroatoms. The molecule has 102 valence electrons. The van der Waals surface area contributed by atoms with Gasteiger partial charge in [0.2, 0.25) is 0 Å². The zero-order chi connectivity index (χ0) is 14.1. The van der Waals surface area contributed by atoms with Gasteiger partial charge < -0.3 is 10.4 Å². The molecule has 0 radical (unpaired) electrons. The first-order chi connectivity index (χ1) is 9.20. The molecule has 0 saturated heterocycles. The van der Waals surface area contributed by atoms with Crippen LogP contribution in [0, 0.1) is 18.8 Å². The second kappa shape index (κ2) is 8.63. The first-order valence-corrected chi connectivity index (χ1v) is 7.56. The maximum Gasteiger partial charge on any atom is 0.251 e. The van der Waals surface area contributed by atoms with Crippen molar-refractivity contribution in [1.82, 2.24) is 5.32 Å². The van der Waals surface area contributed by atoms with E-state index in [1.807, 2.05) is 19.1 Å². The van der Waals surface area contributed by atoms with Crippen LogP contribution in [0.1, 0.15) is 27.9 Å². The number of benzene rings is 1. The largest absolute Gasteiger partial charge is 0.384 e. The summed E-state index contributed by atoms with van der Waals surface area (Å²) >= 11 is 1.77. The molecule has 0 aromatic heterocycles. The molecule has 0 aliphatic heterocycles. The van der Waals surface area contributed by atoms with Crippen molar-refractivity contribution in [2.24, 2.45) is 0 Å².